The van der Waals surface area contributed by atoms with E-state index in [4.69, 9.17) is 21.1 Å². The smallest absolute Gasteiger partial charge is 0.165 e. The first-order valence-corrected chi connectivity index (χ1v) is 5.42. The molecule has 0 aromatic heterocycles. The highest BCUT2D eigenvalue weighted by Gasteiger charge is 2.18. The van der Waals surface area contributed by atoms with Crippen molar-refractivity contribution in [3.8, 4) is 5.75 Å². The number of ether oxygens (including phenoxy) is 2. The molecule has 1 aromatic carbocycles. The molecule has 2 rings (SSSR count). The fourth-order valence-corrected chi connectivity index (χ4v) is 1.67. The highest BCUT2D eigenvalue weighted by Crippen LogP contribution is 2.22. The molecular formula is C11H12ClFO2. The average molecular weight is 231 g/mol. The van der Waals surface area contributed by atoms with Crippen molar-refractivity contribution >= 4 is 11.6 Å². The SMILES string of the molecule is Fc1cc(CCl)ccc1OC1CCOC1. The zero-order chi connectivity index (χ0) is 10.7. The molecule has 1 atom stereocenters. The van der Waals surface area contributed by atoms with E-state index in [0.717, 1.165) is 12.0 Å². The first-order valence-electron chi connectivity index (χ1n) is 4.88. The van der Waals surface area contributed by atoms with Crippen LogP contribution in [0.25, 0.3) is 0 Å². The molecule has 0 amide bonds. The van der Waals surface area contributed by atoms with Crippen LogP contribution in [0, 0.1) is 5.82 Å². The summed E-state index contributed by atoms with van der Waals surface area (Å²) in [4.78, 5) is 0. The second-order valence-corrected chi connectivity index (χ2v) is 3.77. The Morgan fingerprint density at radius 2 is 2.40 bits per heavy atom. The van der Waals surface area contributed by atoms with Crippen LogP contribution in [0.5, 0.6) is 5.75 Å². The summed E-state index contributed by atoms with van der Waals surface area (Å²) >= 11 is 5.59. The fraction of sp³-hybridized carbons (Fsp3) is 0.455. The average Bonchev–Trinajstić information content (AvgIpc) is 2.74. The minimum Gasteiger partial charge on any atom is -0.485 e. The van der Waals surface area contributed by atoms with E-state index in [1.165, 1.54) is 6.07 Å². The second-order valence-electron chi connectivity index (χ2n) is 3.50. The fourth-order valence-electron chi connectivity index (χ4n) is 1.51. The molecule has 4 heteroatoms. The summed E-state index contributed by atoms with van der Waals surface area (Å²) in [7, 11) is 0. The second kappa shape index (κ2) is 4.81. The highest BCUT2D eigenvalue weighted by molar-refractivity contribution is 6.17. The van der Waals surface area contributed by atoms with E-state index in [9.17, 15) is 4.39 Å². The van der Waals surface area contributed by atoms with E-state index in [-0.39, 0.29) is 17.7 Å². The molecule has 0 aliphatic carbocycles. The summed E-state index contributed by atoms with van der Waals surface area (Å²) < 4.78 is 24.1. The van der Waals surface area contributed by atoms with Gasteiger partial charge in [0.1, 0.15) is 6.10 Å². The van der Waals surface area contributed by atoms with Crippen molar-refractivity contribution in [2.75, 3.05) is 13.2 Å². The van der Waals surface area contributed by atoms with Crippen LogP contribution in [-0.2, 0) is 10.6 Å². The standard InChI is InChI=1S/C11H12ClFO2/c12-6-8-1-2-11(10(13)5-8)15-9-3-4-14-7-9/h1-2,5,9H,3-4,6-7H2. The number of hydrogen-bond acceptors (Lipinski definition) is 2. The van der Waals surface area contributed by atoms with Gasteiger partial charge in [-0.3, -0.25) is 0 Å². The monoisotopic (exact) mass is 230 g/mol. The van der Waals surface area contributed by atoms with E-state index >= 15 is 0 Å². The van der Waals surface area contributed by atoms with E-state index in [2.05, 4.69) is 0 Å². The molecule has 0 bridgehead atoms. The van der Waals surface area contributed by atoms with Crippen molar-refractivity contribution in [1.29, 1.82) is 0 Å². The van der Waals surface area contributed by atoms with Gasteiger partial charge in [-0.2, -0.15) is 0 Å². The molecule has 2 nitrogen and oxygen atoms in total. The highest BCUT2D eigenvalue weighted by atomic mass is 35.5. The lowest BCUT2D eigenvalue weighted by Gasteiger charge is -2.12. The largest absolute Gasteiger partial charge is 0.485 e. The number of hydrogen-bond donors (Lipinski definition) is 0. The Morgan fingerprint density at radius 1 is 1.53 bits per heavy atom. The lowest BCUT2D eigenvalue weighted by atomic mass is 10.2. The quantitative estimate of drug-likeness (QED) is 0.744. The van der Waals surface area contributed by atoms with Crippen molar-refractivity contribution in [3.63, 3.8) is 0 Å². The van der Waals surface area contributed by atoms with Crippen LogP contribution < -0.4 is 4.74 Å². The Hall–Kier alpha value is -0.800. The number of halogens is 2. The Bertz CT molecular complexity index is 337. The van der Waals surface area contributed by atoms with Gasteiger partial charge >= 0.3 is 0 Å². The lowest BCUT2D eigenvalue weighted by molar-refractivity contribution is 0.138. The van der Waals surface area contributed by atoms with Crippen LogP contribution in [0.15, 0.2) is 18.2 Å². The molecule has 1 fully saturated rings. The van der Waals surface area contributed by atoms with E-state index < -0.39 is 0 Å². The Balaban J connectivity index is 2.07. The molecule has 1 saturated heterocycles. The third-order valence-corrected chi connectivity index (χ3v) is 2.64. The minimum absolute atomic E-state index is 0.0265. The van der Waals surface area contributed by atoms with Crippen molar-refractivity contribution in [3.05, 3.63) is 29.6 Å². The summed E-state index contributed by atoms with van der Waals surface area (Å²) in [6.45, 7) is 1.22. The molecule has 1 aliphatic rings. The normalized spacial score (nSPS) is 20.5. The van der Waals surface area contributed by atoms with Gasteiger partial charge in [0.05, 0.1) is 13.2 Å². The lowest BCUT2D eigenvalue weighted by Crippen LogP contribution is -2.16. The molecule has 1 aromatic rings. The summed E-state index contributed by atoms with van der Waals surface area (Å²) in [5, 5.41) is 0. The Kier molecular flexibility index (Phi) is 3.44. The molecule has 1 aliphatic heterocycles. The zero-order valence-corrected chi connectivity index (χ0v) is 8.97. The van der Waals surface area contributed by atoms with Gasteiger partial charge in [-0.15, -0.1) is 11.6 Å². The summed E-state index contributed by atoms with van der Waals surface area (Å²) in [5.74, 6) is 0.225. The van der Waals surface area contributed by atoms with Gasteiger partial charge in [-0.1, -0.05) is 6.07 Å². The van der Waals surface area contributed by atoms with E-state index in [1.54, 1.807) is 12.1 Å². The Labute approximate surface area is 92.9 Å². The van der Waals surface area contributed by atoms with E-state index in [0.29, 0.717) is 19.1 Å². The van der Waals surface area contributed by atoms with Crippen LogP contribution in [0.4, 0.5) is 4.39 Å². The third kappa shape index (κ3) is 2.61. The molecule has 15 heavy (non-hydrogen) atoms. The van der Waals surface area contributed by atoms with Crippen LogP contribution in [0.2, 0.25) is 0 Å². The molecule has 1 unspecified atom stereocenters. The van der Waals surface area contributed by atoms with Gasteiger partial charge in [-0.25, -0.2) is 4.39 Å². The maximum absolute atomic E-state index is 13.5. The van der Waals surface area contributed by atoms with Gasteiger partial charge < -0.3 is 9.47 Å². The predicted molar refractivity (Wildman–Crippen MR) is 55.8 cm³/mol. The van der Waals surface area contributed by atoms with Crippen LogP contribution in [0.3, 0.4) is 0 Å². The molecular weight excluding hydrogens is 219 g/mol. The first kappa shape index (κ1) is 10.7. The molecule has 82 valence electrons. The zero-order valence-electron chi connectivity index (χ0n) is 8.21. The molecule has 0 radical (unpaired) electrons. The van der Waals surface area contributed by atoms with Crippen LogP contribution >= 0.6 is 11.6 Å². The Morgan fingerprint density at radius 3 is 3.00 bits per heavy atom. The van der Waals surface area contributed by atoms with Crippen LogP contribution in [0.1, 0.15) is 12.0 Å². The van der Waals surface area contributed by atoms with Gasteiger partial charge in [0, 0.05) is 12.3 Å². The van der Waals surface area contributed by atoms with Crippen molar-refractivity contribution in [2.24, 2.45) is 0 Å². The minimum atomic E-state index is -0.361. The molecule has 0 N–H and O–H groups in total. The van der Waals surface area contributed by atoms with Crippen molar-refractivity contribution in [1.82, 2.24) is 0 Å². The summed E-state index contributed by atoms with van der Waals surface area (Å²) in [6.07, 6.45) is 0.790. The van der Waals surface area contributed by atoms with Crippen molar-refractivity contribution in [2.45, 2.75) is 18.4 Å². The predicted octanol–water partition coefficient (Wildman–Crippen LogP) is 2.73. The first-order chi connectivity index (χ1) is 7.29. The van der Waals surface area contributed by atoms with Crippen LogP contribution in [-0.4, -0.2) is 19.3 Å². The van der Waals surface area contributed by atoms with Gasteiger partial charge in [0.25, 0.3) is 0 Å². The van der Waals surface area contributed by atoms with Gasteiger partial charge in [-0.05, 0) is 17.7 Å². The topological polar surface area (TPSA) is 18.5 Å². The molecule has 0 saturated carbocycles. The third-order valence-electron chi connectivity index (χ3n) is 2.33. The maximum Gasteiger partial charge on any atom is 0.165 e. The number of alkyl halides is 1. The summed E-state index contributed by atoms with van der Waals surface area (Å²) in [5.41, 5.74) is 0.754. The maximum atomic E-state index is 13.5. The summed E-state index contributed by atoms with van der Waals surface area (Å²) in [6, 6.07) is 4.78. The van der Waals surface area contributed by atoms with Gasteiger partial charge in [0.15, 0.2) is 11.6 Å². The number of benzene rings is 1. The van der Waals surface area contributed by atoms with Crippen molar-refractivity contribution < 1.29 is 13.9 Å². The molecule has 0 spiro atoms. The molecule has 1 heterocycles. The van der Waals surface area contributed by atoms with E-state index in [1.807, 2.05) is 0 Å². The number of rotatable bonds is 3. The van der Waals surface area contributed by atoms with Gasteiger partial charge in [0.2, 0.25) is 0 Å².